The standard InChI is InChI=1S/C20H28F3NO2.ClH/c1-5-6-18(25)26-20(24)11-13(4)7-8-19(20,12(2)3)14-9-16(22)17(23)10-15(14)21;/h9-10,12-13H,5-8,11,24H2,1-4H3;1H. The number of rotatable bonds is 5. The lowest BCUT2D eigenvalue weighted by Gasteiger charge is -2.54. The molecule has 7 heteroatoms. The van der Waals surface area contributed by atoms with Gasteiger partial charge in [-0.25, -0.2) is 13.2 Å². The third-order valence-corrected chi connectivity index (χ3v) is 5.66. The summed E-state index contributed by atoms with van der Waals surface area (Å²) in [6, 6.07) is 1.41. The fourth-order valence-corrected chi connectivity index (χ4v) is 4.39. The second kappa shape index (κ2) is 8.82. The van der Waals surface area contributed by atoms with Crippen LogP contribution in [0.4, 0.5) is 13.2 Å². The van der Waals surface area contributed by atoms with Crippen molar-refractivity contribution >= 4 is 18.4 Å². The van der Waals surface area contributed by atoms with E-state index in [1.807, 2.05) is 27.7 Å². The number of hydrogen-bond acceptors (Lipinski definition) is 3. The van der Waals surface area contributed by atoms with E-state index >= 15 is 0 Å². The van der Waals surface area contributed by atoms with Crippen molar-refractivity contribution in [3.8, 4) is 0 Å². The third kappa shape index (κ3) is 4.27. The van der Waals surface area contributed by atoms with E-state index in [1.54, 1.807) is 0 Å². The average Bonchev–Trinajstić information content (AvgIpc) is 2.51. The summed E-state index contributed by atoms with van der Waals surface area (Å²) in [6.45, 7) is 7.51. The van der Waals surface area contributed by atoms with Gasteiger partial charge in [0.25, 0.3) is 0 Å². The summed E-state index contributed by atoms with van der Waals surface area (Å²) in [5, 5.41) is 0. The predicted molar refractivity (Wildman–Crippen MR) is 101 cm³/mol. The first-order valence-electron chi connectivity index (χ1n) is 9.23. The van der Waals surface area contributed by atoms with Crippen LogP contribution in [-0.4, -0.2) is 11.7 Å². The highest BCUT2D eigenvalue weighted by Crippen LogP contribution is 2.53. The van der Waals surface area contributed by atoms with Crippen molar-refractivity contribution in [3.05, 3.63) is 35.1 Å². The molecule has 0 aromatic heterocycles. The van der Waals surface area contributed by atoms with Gasteiger partial charge in [-0.1, -0.05) is 27.7 Å². The lowest BCUT2D eigenvalue weighted by atomic mass is 9.56. The number of esters is 1. The molecule has 0 spiro atoms. The van der Waals surface area contributed by atoms with E-state index in [0.717, 1.165) is 12.5 Å². The summed E-state index contributed by atoms with van der Waals surface area (Å²) in [4.78, 5) is 12.2. The number of carbonyl (C=O) groups excluding carboxylic acids is 1. The molecule has 0 heterocycles. The topological polar surface area (TPSA) is 52.3 Å². The van der Waals surface area contributed by atoms with Crippen molar-refractivity contribution in [2.45, 2.75) is 70.9 Å². The van der Waals surface area contributed by atoms with Crippen LogP contribution in [-0.2, 0) is 14.9 Å². The Morgan fingerprint density at radius 2 is 1.85 bits per heavy atom. The summed E-state index contributed by atoms with van der Waals surface area (Å²) in [5.74, 6) is -3.81. The molecule has 0 bridgehead atoms. The van der Waals surface area contributed by atoms with E-state index in [0.29, 0.717) is 25.3 Å². The molecule has 1 aromatic rings. The van der Waals surface area contributed by atoms with Gasteiger partial charge in [-0.3, -0.25) is 10.5 Å². The van der Waals surface area contributed by atoms with Gasteiger partial charge in [0.2, 0.25) is 0 Å². The molecule has 27 heavy (non-hydrogen) atoms. The summed E-state index contributed by atoms with van der Waals surface area (Å²) in [7, 11) is 0. The number of halogens is 4. The first kappa shape index (κ1) is 23.8. The van der Waals surface area contributed by atoms with Gasteiger partial charge in [-0.15, -0.1) is 12.4 Å². The lowest BCUT2D eigenvalue weighted by molar-refractivity contribution is -0.182. The predicted octanol–water partition coefficient (Wildman–Crippen LogP) is 5.24. The van der Waals surface area contributed by atoms with Crippen LogP contribution in [0.5, 0.6) is 0 Å². The maximum absolute atomic E-state index is 14.7. The molecule has 1 saturated carbocycles. The van der Waals surface area contributed by atoms with Gasteiger partial charge in [-0.05, 0) is 37.2 Å². The van der Waals surface area contributed by atoms with Crippen molar-refractivity contribution in [3.63, 3.8) is 0 Å². The zero-order valence-corrected chi connectivity index (χ0v) is 17.1. The molecule has 0 aliphatic heterocycles. The van der Waals surface area contributed by atoms with E-state index < -0.39 is 34.6 Å². The Bertz CT molecular complexity index is 685. The molecule has 1 aliphatic rings. The van der Waals surface area contributed by atoms with Crippen LogP contribution < -0.4 is 5.73 Å². The van der Waals surface area contributed by atoms with Crippen molar-refractivity contribution in [1.29, 1.82) is 0 Å². The van der Waals surface area contributed by atoms with E-state index in [2.05, 4.69) is 0 Å². The number of benzene rings is 1. The molecule has 154 valence electrons. The Morgan fingerprint density at radius 3 is 2.41 bits per heavy atom. The van der Waals surface area contributed by atoms with Gasteiger partial charge in [0.15, 0.2) is 17.4 Å². The minimum Gasteiger partial charge on any atom is -0.443 e. The smallest absolute Gasteiger partial charge is 0.307 e. The third-order valence-electron chi connectivity index (χ3n) is 5.66. The molecule has 1 aromatic carbocycles. The summed E-state index contributed by atoms with van der Waals surface area (Å²) in [6.07, 6.45) is 2.27. The van der Waals surface area contributed by atoms with E-state index in [1.165, 1.54) is 0 Å². The average molecular weight is 408 g/mol. The highest BCUT2D eigenvalue weighted by Gasteiger charge is 2.58. The van der Waals surface area contributed by atoms with Crippen LogP contribution in [0.1, 0.15) is 65.4 Å². The van der Waals surface area contributed by atoms with E-state index in [-0.39, 0.29) is 36.2 Å². The first-order chi connectivity index (χ1) is 12.1. The van der Waals surface area contributed by atoms with Crippen LogP contribution in [0.15, 0.2) is 12.1 Å². The van der Waals surface area contributed by atoms with Crippen LogP contribution in [0, 0.1) is 29.3 Å². The number of carbonyl (C=O) groups is 1. The Balaban J connectivity index is 0.00000364. The number of ether oxygens (including phenoxy) is 1. The van der Waals surface area contributed by atoms with Gasteiger partial charge < -0.3 is 4.74 Å². The SMILES string of the molecule is CCCC(=O)OC1(N)CC(C)CCC1(c1cc(F)c(F)cc1F)C(C)C.Cl. The van der Waals surface area contributed by atoms with E-state index in [9.17, 15) is 18.0 Å². The van der Waals surface area contributed by atoms with Crippen molar-refractivity contribution in [2.75, 3.05) is 0 Å². The molecule has 3 nitrogen and oxygen atoms in total. The summed E-state index contributed by atoms with van der Waals surface area (Å²) < 4.78 is 47.9. The van der Waals surface area contributed by atoms with Crippen molar-refractivity contribution < 1.29 is 22.7 Å². The molecule has 2 rings (SSSR count). The minimum atomic E-state index is -1.49. The van der Waals surface area contributed by atoms with Crippen molar-refractivity contribution in [2.24, 2.45) is 17.6 Å². The van der Waals surface area contributed by atoms with Crippen molar-refractivity contribution in [1.82, 2.24) is 0 Å². The Kier molecular flexibility index (Phi) is 7.77. The van der Waals surface area contributed by atoms with E-state index in [4.69, 9.17) is 10.5 Å². The van der Waals surface area contributed by atoms with Gasteiger partial charge in [-0.2, -0.15) is 0 Å². The second-order valence-corrected chi connectivity index (χ2v) is 7.83. The molecule has 1 fully saturated rings. The summed E-state index contributed by atoms with van der Waals surface area (Å²) >= 11 is 0. The quantitative estimate of drug-likeness (QED) is 0.412. The maximum atomic E-state index is 14.7. The lowest BCUT2D eigenvalue weighted by Crippen LogP contribution is -2.66. The van der Waals surface area contributed by atoms with Gasteiger partial charge in [0, 0.05) is 24.5 Å². The molecule has 0 amide bonds. The molecule has 0 radical (unpaired) electrons. The second-order valence-electron chi connectivity index (χ2n) is 7.83. The Hall–Kier alpha value is -1.27. The fourth-order valence-electron chi connectivity index (χ4n) is 4.39. The first-order valence-corrected chi connectivity index (χ1v) is 9.23. The molecule has 2 N–H and O–H groups in total. The molecule has 3 atom stereocenters. The monoisotopic (exact) mass is 407 g/mol. The molecule has 1 aliphatic carbocycles. The molecule has 0 saturated heterocycles. The van der Waals surface area contributed by atoms with Gasteiger partial charge >= 0.3 is 5.97 Å². The zero-order valence-electron chi connectivity index (χ0n) is 16.3. The van der Waals surface area contributed by atoms with Gasteiger partial charge in [0.1, 0.15) is 5.82 Å². The number of hydrogen-bond donors (Lipinski definition) is 1. The minimum absolute atomic E-state index is 0. The normalized spacial score (nSPS) is 28.0. The van der Waals surface area contributed by atoms with Crippen LogP contribution in [0.25, 0.3) is 0 Å². The maximum Gasteiger partial charge on any atom is 0.307 e. The molecular weight excluding hydrogens is 379 g/mol. The fraction of sp³-hybridized carbons (Fsp3) is 0.650. The summed E-state index contributed by atoms with van der Waals surface area (Å²) in [5.41, 5.74) is 3.97. The number of nitrogens with two attached hydrogens (primary N) is 1. The van der Waals surface area contributed by atoms with Crippen LogP contribution in [0.3, 0.4) is 0 Å². The van der Waals surface area contributed by atoms with Gasteiger partial charge in [0.05, 0.1) is 5.41 Å². The van der Waals surface area contributed by atoms with Crippen LogP contribution in [0.2, 0.25) is 0 Å². The van der Waals surface area contributed by atoms with Crippen LogP contribution >= 0.6 is 12.4 Å². The zero-order chi connectivity index (χ0) is 19.7. The Labute approximate surface area is 165 Å². The molecule has 3 unspecified atom stereocenters. The highest BCUT2D eigenvalue weighted by atomic mass is 35.5. The Morgan fingerprint density at radius 1 is 1.26 bits per heavy atom. The molecular formula is C20H29ClF3NO2. The largest absolute Gasteiger partial charge is 0.443 e. The highest BCUT2D eigenvalue weighted by molar-refractivity contribution is 5.85.